The third-order valence-corrected chi connectivity index (χ3v) is 4.42. The van der Waals surface area contributed by atoms with Gasteiger partial charge in [0, 0.05) is 17.6 Å². The Morgan fingerprint density at radius 3 is 2.89 bits per heavy atom. The van der Waals surface area contributed by atoms with E-state index in [1.165, 1.54) is 18.2 Å². The van der Waals surface area contributed by atoms with Crippen LogP contribution < -0.4 is 10.9 Å². The number of hydrogen-bond donors (Lipinski definition) is 4. The summed E-state index contributed by atoms with van der Waals surface area (Å²) >= 11 is 0. The Labute approximate surface area is 158 Å². The van der Waals surface area contributed by atoms with E-state index >= 15 is 0 Å². The smallest absolute Gasteiger partial charge is 0.272 e. The number of anilines is 1. The zero-order valence-corrected chi connectivity index (χ0v) is 15.2. The van der Waals surface area contributed by atoms with Crippen molar-refractivity contribution in [1.29, 1.82) is 0 Å². The highest BCUT2D eigenvalue weighted by molar-refractivity contribution is 5.96. The second-order valence-corrected chi connectivity index (χ2v) is 6.31. The second kappa shape index (κ2) is 7.02. The maximum absolute atomic E-state index is 13.8. The van der Waals surface area contributed by atoms with Crippen LogP contribution in [0, 0.1) is 12.7 Å². The lowest BCUT2D eigenvalue weighted by Gasteiger charge is -2.10. The van der Waals surface area contributed by atoms with Crippen molar-refractivity contribution in [2.45, 2.75) is 20.3 Å². The van der Waals surface area contributed by atoms with E-state index in [0.717, 1.165) is 11.1 Å². The van der Waals surface area contributed by atoms with Crippen LogP contribution in [0.3, 0.4) is 0 Å². The topological polar surface area (TPSA) is 116 Å². The Kier molecular flexibility index (Phi) is 4.54. The number of fused-ring (bicyclic) bond motifs is 2. The Bertz CT molecular complexity index is 1230. The van der Waals surface area contributed by atoms with Crippen LogP contribution in [0.5, 0.6) is 0 Å². The molecule has 4 rings (SSSR count). The molecular weight excluding hydrogens is 365 g/mol. The van der Waals surface area contributed by atoms with Crippen LogP contribution in [-0.4, -0.2) is 38.3 Å². The Hall–Kier alpha value is -3.30. The molecule has 28 heavy (non-hydrogen) atoms. The van der Waals surface area contributed by atoms with Crippen LogP contribution in [0.4, 0.5) is 10.3 Å². The number of hydrogen-bond acceptors (Lipinski definition) is 6. The fourth-order valence-electron chi connectivity index (χ4n) is 3.15. The molecule has 1 atom stereocenters. The molecule has 1 unspecified atom stereocenters. The van der Waals surface area contributed by atoms with Crippen LogP contribution >= 0.6 is 0 Å². The number of ether oxygens (including phenoxy) is 1. The molecular formula is C19H18FN5O3. The molecule has 0 radical (unpaired) electrons. The van der Waals surface area contributed by atoms with E-state index in [1.54, 1.807) is 13.0 Å². The van der Waals surface area contributed by atoms with E-state index in [-0.39, 0.29) is 5.56 Å². The summed E-state index contributed by atoms with van der Waals surface area (Å²) in [6, 6.07) is 7.64. The first-order valence-corrected chi connectivity index (χ1v) is 8.71. The first-order valence-electron chi connectivity index (χ1n) is 8.71. The van der Waals surface area contributed by atoms with Crippen molar-refractivity contribution < 1.29 is 14.2 Å². The normalized spacial score (nSPS) is 12.6. The van der Waals surface area contributed by atoms with Gasteiger partial charge in [-0.1, -0.05) is 0 Å². The minimum absolute atomic E-state index is 0.345. The molecule has 0 fully saturated rings. The SMILES string of the molecule is CCOC(O)Nc1nc2cc(-c3n[nH]c(=O)c4ccc(F)cc34)c(C)cc2[nH]1. The molecule has 8 nitrogen and oxygen atoms in total. The molecule has 0 aliphatic rings. The molecule has 0 spiro atoms. The lowest BCUT2D eigenvalue weighted by atomic mass is 10.00. The molecule has 2 heterocycles. The number of imidazole rings is 1. The molecule has 0 saturated heterocycles. The predicted octanol–water partition coefficient (Wildman–Crippen LogP) is 2.64. The number of benzene rings is 2. The molecule has 0 aliphatic heterocycles. The number of aromatic amines is 2. The second-order valence-electron chi connectivity index (χ2n) is 6.31. The quantitative estimate of drug-likeness (QED) is 0.394. The lowest BCUT2D eigenvalue weighted by molar-refractivity contribution is -0.0734. The maximum Gasteiger partial charge on any atom is 0.272 e. The van der Waals surface area contributed by atoms with Gasteiger partial charge in [-0.2, -0.15) is 5.10 Å². The average Bonchev–Trinajstić information content (AvgIpc) is 3.02. The summed E-state index contributed by atoms with van der Waals surface area (Å²) in [6.45, 7) is 4.00. The largest absolute Gasteiger partial charge is 0.351 e. The van der Waals surface area contributed by atoms with Gasteiger partial charge in [0.15, 0.2) is 0 Å². The van der Waals surface area contributed by atoms with Gasteiger partial charge in [0.05, 0.1) is 22.1 Å². The van der Waals surface area contributed by atoms with E-state index < -0.39 is 12.2 Å². The van der Waals surface area contributed by atoms with Gasteiger partial charge < -0.3 is 20.1 Å². The zero-order valence-electron chi connectivity index (χ0n) is 15.2. The highest BCUT2D eigenvalue weighted by Gasteiger charge is 2.15. The van der Waals surface area contributed by atoms with Crippen LogP contribution in [-0.2, 0) is 4.74 Å². The number of aromatic nitrogens is 4. The standard InChI is InChI=1S/C19H18FN5O3/c1-3-28-19(27)23-18-21-14-6-9(2)12(8-15(14)22-18)16-13-7-10(20)4-5-11(13)17(26)25-24-16/h4-8,19,27H,3H2,1-2H3,(H,25,26)(H2,21,22,23). The summed E-state index contributed by atoms with van der Waals surface area (Å²) in [5.74, 6) is -0.103. The summed E-state index contributed by atoms with van der Waals surface area (Å²) in [4.78, 5) is 19.5. The van der Waals surface area contributed by atoms with E-state index in [0.29, 0.717) is 40.1 Å². The highest BCUT2D eigenvalue weighted by Crippen LogP contribution is 2.31. The van der Waals surface area contributed by atoms with Crippen LogP contribution in [0.2, 0.25) is 0 Å². The number of nitrogens with zero attached hydrogens (tertiary/aromatic N) is 2. The van der Waals surface area contributed by atoms with E-state index in [4.69, 9.17) is 4.74 Å². The highest BCUT2D eigenvalue weighted by atomic mass is 19.1. The molecule has 0 aliphatic carbocycles. The third-order valence-electron chi connectivity index (χ3n) is 4.42. The molecule has 0 amide bonds. The van der Waals surface area contributed by atoms with Crippen LogP contribution in [0.25, 0.3) is 33.1 Å². The summed E-state index contributed by atoms with van der Waals surface area (Å²) in [5.41, 5.74) is 3.01. The molecule has 2 aromatic heterocycles. The van der Waals surface area contributed by atoms with Crippen molar-refractivity contribution in [2.24, 2.45) is 0 Å². The molecule has 0 saturated carbocycles. The monoisotopic (exact) mass is 383 g/mol. The first-order chi connectivity index (χ1) is 13.5. The van der Waals surface area contributed by atoms with Crippen molar-refractivity contribution in [3.8, 4) is 11.3 Å². The van der Waals surface area contributed by atoms with Crippen molar-refractivity contribution in [3.05, 3.63) is 52.1 Å². The fraction of sp³-hybridized carbons (Fsp3) is 0.211. The number of H-pyrrole nitrogens is 2. The van der Waals surface area contributed by atoms with Gasteiger partial charge in [0.25, 0.3) is 5.56 Å². The molecule has 0 bridgehead atoms. The number of halogens is 1. The lowest BCUT2D eigenvalue weighted by Crippen LogP contribution is -2.22. The number of nitrogens with one attached hydrogen (secondary N) is 3. The summed E-state index contributed by atoms with van der Waals surface area (Å²) in [5, 5.41) is 19.8. The van der Waals surface area contributed by atoms with Gasteiger partial charge in [0.1, 0.15) is 5.82 Å². The third kappa shape index (κ3) is 3.21. The fourth-order valence-corrected chi connectivity index (χ4v) is 3.15. The molecule has 4 N–H and O–H groups in total. The van der Waals surface area contributed by atoms with E-state index in [9.17, 15) is 14.3 Å². The zero-order chi connectivity index (χ0) is 19.8. The number of aryl methyl sites for hydroxylation is 1. The Morgan fingerprint density at radius 2 is 2.11 bits per heavy atom. The predicted molar refractivity (Wildman–Crippen MR) is 103 cm³/mol. The van der Waals surface area contributed by atoms with Crippen molar-refractivity contribution in [3.63, 3.8) is 0 Å². The molecule has 9 heteroatoms. The number of aliphatic hydroxyl groups excluding tert-OH is 1. The van der Waals surface area contributed by atoms with Crippen molar-refractivity contribution >= 4 is 27.8 Å². The summed E-state index contributed by atoms with van der Waals surface area (Å²) in [7, 11) is 0. The van der Waals surface area contributed by atoms with Gasteiger partial charge in [-0.15, -0.1) is 0 Å². The van der Waals surface area contributed by atoms with Gasteiger partial charge in [-0.05, 0) is 49.7 Å². The maximum atomic E-state index is 13.8. The minimum Gasteiger partial charge on any atom is -0.351 e. The van der Waals surface area contributed by atoms with Crippen LogP contribution in [0.15, 0.2) is 35.1 Å². The number of rotatable bonds is 5. The summed E-state index contributed by atoms with van der Waals surface area (Å²) < 4.78 is 18.8. The van der Waals surface area contributed by atoms with Gasteiger partial charge in [-0.25, -0.2) is 14.5 Å². The van der Waals surface area contributed by atoms with E-state index in [2.05, 4.69) is 25.5 Å². The average molecular weight is 383 g/mol. The van der Waals surface area contributed by atoms with Crippen LogP contribution in [0.1, 0.15) is 12.5 Å². The summed E-state index contributed by atoms with van der Waals surface area (Å²) in [6.07, 6.45) is -1.18. The van der Waals surface area contributed by atoms with Crippen molar-refractivity contribution in [1.82, 2.24) is 20.2 Å². The Balaban J connectivity index is 1.84. The molecule has 2 aromatic carbocycles. The number of aliphatic hydroxyl groups is 1. The Morgan fingerprint density at radius 1 is 1.29 bits per heavy atom. The van der Waals surface area contributed by atoms with Gasteiger partial charge >= 0.3 is 0 Å². The van der Waals surface area contributed by atoms with Crippen molar-refractivity contribution in [2.75, 3.05) is 11.9 Å². The van der Waals surface area contributed by atoms with E-state index in [1.807, 2.05) is 13.0 Å². The van der Waals surface area contributed by atoms with Gasteiger partial charge in [0.2, 0.25) is 12.4 Å². The molecule has 144 valence electrons. The molecule has 4 aromatic rings. The minimum atomic E-state index is -1.18. The first kappa shape index (κ1) is 18.1. The van der Waals surface area contributed by atoms with Gasteiger partial charge in [-0.3, -0.25) is 4.79 Å².